The third-order valence-corrected chi connectivity index (χ3v) is 5.38. The number of imidazole rings is 1. The summed E-state index contributed by atoms with van der Waals surface area (Å²) in [6, 6.07) is 16.3. The van der Waals surface area contributed by atoms with Gasteiger partial charge in [-0.1, -0.05) is 12.1 Å². The molecule has 0 aliphatic heterocycles. The monoisotopic (exact) mass is 446 g/mol. The predicted molar refractivity (Wildman–Crippen MR) is 123 cm³/mol. The zero-order chi connectivity index (χ0) is 23.7. The molecule has 0 aliphatic carbocycles. The average molecular weight is 446 g/mol. The summed E-state index contributed by atoms with van der Waals surface area (Å²) in [5.41, 5.74) is 2.45. The first-order chi connectivity index (χ1) is 15.8. The van der Waals surface area contributed by atoms with Gasteiger partial charge < -0.3 is 24.8 Å². The third kappa shape index (κ3) is 3.82. The second-order valence-electron chi connectivity index (χ2n) is 7.29. The molecule has 4 aromatic rings. The van der Waals surface area contributed by atoms with Gasteiger partial charge in [-0.15, -0.1) is 0 Å². The highest BCUT2D eigenvalue weighted by Crippen LogP contribution is 2.39. The Morgan fingerprint density at radius 2 is 1.64 bits per heavy atom. The zero-order valence-electron chi connectivity index (χ0n) is 18.2. The van der Waals surface area contributed by atoms with Crippen molar-refractivity contribution in [2.45, 2.75) is 6.92 Å². The van der Waals surface area contributed by atoms with Gasteiger partial charge in [0.15, 0.2) is 0 Å². The van der Waals surface area contributed by atoms with E-state index in [1.165, 1.54) is 26.4 Å². The SMILES string of the molecule is COc1ccc(O)c(-c2nc(-c3ccccc3O)n(-c3ccc(OC)c(C(=O)O)c3)c2C)c1. The fourth-order valence-corrected chi connectivity index (χ4v) is 3.75. The van der Waals surface area contributed by atoms with Gasteiger partial charge >= 0.3 is 5.97 Å². The Hall–Kier alpha value is -4.46. The highest BCUT2D eigenvalue weighted by Gasteiger charge is 2.23. The Balaban J connectivity index is 2.04. The first-order valence-electron chi connectivity index (χ1n) is 10.0. The van der Waals surface area contributed by atoms with E-state index < -0.39 is 5.97 Å². The summed E-state index contributed by atoms with van der Waals surface area (Å²) in [6.07, 6.45) is 0. The summed E-state index contributed by atoms with van der Waals surface area (Å²) in [6.45, 7) is 1.80. The third-order valence-electron chi connectivity index (χ3n) is 5.38. The van der Waals surface area contributed by atoms with Crippen molar-refractivity contribution in [1.82, 2.24) is 9.55 Å². The summed E-state index contributed by atoms with van der Waals surface area (Å²) < 4.78 is 12.2. The van der Waals surface area contributed by atoms with Crippen molar-refractivity contribution in [3.8, 4) is 51.3 Å². The van der Waals surface area contributed by atoms with Crippen LogP contribution in [0, 0.1) is 6.92 Å². The molecule has 1 heterocycles. The number of hydrogen-bond donors (Lipinski definition) is 3. The molecular weight excluding hydrogens is 424 g/mol. The lowest BCUT2D eigenvalue weighted by atomic mass is 10.1. The summed E-state index contributed by atoms with van der Waals surface area (Å²) in [4.78, 5) is 16.6. The Bertz CT molecular complexity index is 1360. The van der Waals surface area contributed by atoms with Crippen LogP contribution in [0.4, 0.5) is 0 Å². The van der Waals surface area contributed by atoms with E-state index in [2.05, 4.69) is 0 Å². The average Bonchev–Trinajstić information content (AvgIpc) is 3.15. The van der Waals surface area contributed by atoms with Crippen LogP contribution in [0.15, 0.2) is 60.7 Å². The van der Waals surface area contributed by atoms with Crippen LogP contribution in [0.2, 0.25) is 0 Å². The van der Waals surface area contributed by atoms with Crippen molar-refractivity contribution in [3.05, 3.63) is 71.9 Å². The number of ether oxygens (including phenoxy) is 2. The molecule has 0 amide bonds. The molecule has 0 aliphatic rings. The number of nitrogens with zero attached hydrogens (tertiary/aromatic N) is 2. The second-order valence-corrected chi connectivity index (χ2v) is 7.29. The molecule has 3 N–H and O–H groups in total. The highest BCUT2D eigenvalue weighted by molar-refractivity contribution is 5.92. The molecule has 0 saturated carbocycles. The first kappa shape index (κ1) is 21.8. The van der Waals surface area contributed by atoms with Crippen LogP contribution in [0.25, 0.3) is 28.3 Å². The molecule has 3 aromatic carbocycles. The number of carboxylic acid groups (broad SMARTS) is 1. The maximum atomic E-state index is 11.8. The zero-order valence-corrected chi connectivity index (χ0v) is 18.2. The maximum Gasteiger partial charge on any atom is 0.339 e. The van der Waals surface area contributed by atoms with Gasteiger partial charge in [0.1, 0.15) is 34.4 Å². The number of benzene rings is 3. The maximum absolute atomic E-state index is 11.8. The molecule has 4 rings (SSSR count). The summed E-state index contributed by atoms with van der Waals surface area (Å²) in [7, 11) is 2.93. The van der Waals surface area contributed by atoms with E-state index >= 15 is 0 Å². The van der Waals surface area contributed by atoms with E-state index in [0.29, 0.717) is 39.8 Å². The standard InChI is InChI=1S/C25H22N2O6/c1-14-23(18-13-16(32-2)9-10-21(18)29)26-24(17-6-4-5-7-20(17)28)27(14)15-8-11-22(33-3)19(12-15)25(30)31/h4-13,28-29H,1-3H3,(H,30,31). The van der Waals surface area contributed by atoms with Gasteiger partial charge in [-0.2, -0.15) is 0 Å². The number of carboxylic acids is 1. The van der Waals surface area contributed by atoms with Crippen molar-refractivity contribution >= 4 is 5.97 Å². The Kier molecular flexibility index (Phi) is 5.66. The summed E-state index contributed by atoms with van der Waals surface area (Å²) in [5.74, 6) is 0.0216. The highest BCUT2D eigenvalue weighted by atomic mass is 16.5. The molecule has 168 valence electrons. The smallest absolute Gasteiger partial charge is 0.339 e. The molecule has 8 heteroatoms. The Labute approximate surface area is 189 Å². The molecule has 33 heavy (non-hydrogen) atoms. The second kappa shape index (κ2) is 8.58. The number of hydrogen-bond acceptors (Lipinski definition) is 6. The number of methoxy groups -OCH3 is 2. The van der Waals surface area contributed by atoms with Crippen molar-refractivity contribution in [2.75, 3.05) is 14.2 Å². The Morgan fingerprint density at radius 3 is 2.30 bits per heavy atom. The number of phenolic OH excluding ortho intramolecular Hbond substituents is 2. The van der Waals surface area contributed by atoms with Crippen molar-refractivity contribution in [3.63, 3.8) is 0 Å². The summed E-state index contributed by atoms with van der Waals surface area (Å²) >= 11 is 0. The minimum atomic E-state index is -1.14. The largest absolute Gasteiger partial charge is 0.507 e. The quantitative estimate of drug-likeness (QED) is 0.395. The molecule has 0 bridgehead atoms. The topological polar surface area (TPSA) is 114 Å². The Morgan fingerprint density at radius 1 is 0.909 bits per heavy atom. The fraction of sp³-hybridized carbons (Fsp3) is 0.120. The van der Waals surface area contributed by atoms with Crippen molar-refractivity contribution in [2.24, 2.45) is 0 Å². The lowest BCUT2D eigenvalue weighted by Crippen LogP contribution is -2.05. The van der Waals surface area contributed by atoms with Crippen molar-refractivity contribution < 1.29 is 29.6 Å². The van der Waals surface area contributed by atoms with Gasteiger partial charge in [-0.25, -0.2) is 9.78 Å². The molecule has 1 aromatic heterocycles. The van der Waals surface area contributed by atoms with Gasteiger partial charge in [0.25, 0.3) is 0 Å². The number of carbonyl (C=O) groups is 1. The molecule has 0 saturated heterocycles. The van der Waals surface area contributed by atoms with Crippen LogP contribution in [-0.4, -0.2) is 45.1 Å². The van der Waals surface area contributed by atoms with Crippen LogP contribution in [-0.2, 0) is 0 Å². The number of aromatic hydroxyl groups is 2. The minimum absolute atomic E-state index is 0.00772. The van der Waals surface area contributed by atoms with Gasteiger partial charge in [0.05, 0.1) is 25.5 Å². The van der Waals surface area contributed by atoms with E-state index in [9.17, 15) is 20.1 Å². The fourth-order valence-electron chi connectivity index (χ4n) is 3.75. The first-order valence-corrected chi connectivity index (χ1v) is 10.0. The number of aromatic carboxylic acids is 1. The van der Waals surface area contributed by atoms with E-state index in [1.807, 2.05) is 0 Å². The molecule has 0 atom stereocenters. The molecule has 0 unspecified atom stereocenters. The number of aromatic nitrogens is 2. The molecule has 0 radical (unpaired) electrons. The number of rotatable bonds is 6. The molecule has 8 nitrogen and oxygen atoms in total. The number of phenols is 2. The van der Waals surface area contributed by atoms with E-state index in [0.717, 1.165) is 0 Å². The predicted octanol–water partition coefficient (Wildman–Crippen LogP) is 4.64. The lowest BCUT2D eigenvalue weighted by molar-refractivity contribution is 0.0693. The van der Waals surface area contributed by atoms with E-state index in [4.69, 9.17) is 14.5 Å². The molecule has 0 fully saturated rings. The number of para-hydroxylation sites is 1. The van der Waals surface area contributed by atoms with E-state index in [-0.39, 0.29) is 22.8 Å². The van der Waals surface area contributed by atoms with Gasteiger partial charge in [0.2, 0.25) is 0 Å². The molecular formula is C25H22N2O6. The van der Waals surface area contributed by atoms with Gasteiger partial charge in [-0.05, 0) is 55.5 Å². The lowest BCUT2D eigenvalue weighted by Gasteiger charge is -2.14. The van der Waals surface area contributed by atoms with Crippen LogP contribution in [0.1, 0.15) is 16.1 Å². The van der Waals surface area contributed by atoms with Gasteiger partial charge in [-0.3, -0.25) is 4.57 Å². The van der Waals surface area contributed by atoms with Crippen LogP contribution in [0.5, 0.6) is 23.0 Å². The summed E-state index contributed by atoms with van der Waals surface area (Å²) in [5, 5.41) is 30.7. The minimum Gasteiger partial charge on any atom is -0.507 e. The van der Waals surface area contributed by atoms with Crippen molar-refractivity contribution in [1.29, 1.82) is 0 Å². The van der Waals surface area contributed by atoms with Crippen LogP contribution in [0.3, 0.4) is 0 Å². The van der Waals surface area contributed by atoms with E-state index in [1.54, 1.807) is 60.0 Å². The van der Waals surface area contributed by atoms with Gasteiger partial charge in [0, 0.05) is 16.9 Å². The molecule has 0 spiro atoms. The normalized spacial score (nSPS) is 10.8. The van der Waals surface area contributed by atoms with Crippen LogP contribution < -0.4 is 9.47 Å². The van der Waals surface area contributed by atoms with Crippen LogP contribution >= 0.6 is 0 Å².